The molecule has 0 bridgehead atoms. The van der Waals surface area contributed by atoms with Crippen LogP contribution < -0.4 is 4.90 Å². The smallest absolute Gasteiger partial charge is 0.0998 e. The first-order valence-electron chi connectivity index (χ1n) is 11.5. The highest BCUT2D eigenvalue weighted by molar-refractivity contribution is 5.95. The number of para-hydroxylation sites is 2. The first-order chi connectivity index (χ1) is 17.3. The van der Waals surface area contributed by atoms with E-state index in [0.29, 0.717) is 5.57 Å². The fraction of sp³-hybridized carbons (Fsp3) is 0. The molecule has 5 rings (SSSR count). The van der Waals surface area contributed by atoms with E-state index in [0.717, 1.165) is 39.3 Å². The topological polar surface area (TPSA) is 39.9 Å². The molecule has 0 atom stereocenters. The Bertz CT molecular complexity index is 1430. The molecule has 1 heterocycles. The maximum atomic E-state index is 10.0. The van der Waals surface area contributed by atoms with Crippen LogP contribution >= 0.6 is 0 Å². The molecule has 0 aliphatic carbocycles. The van der Waals surface area contributed by atoms with Crippen molar-refractivity contribution in [1.82, 2.24) is 4.98 Å². The number of hydrogen-bond donors (Lipinski definition) is 0. The molecular weight excluding hydrogens is 426 g/mol. The molecule has 35 heavy (non-hydrogen) atoms. The summed E-state index contributed by atoms with van der Waals surface area (Å²) in [6.07, 6.45) is 5.48. The van der Waals surface area contributed by atoms with Crippen LogP contribution in [0.4, 0.5) is 17.1 Å². The molecule has 0 spiro atoms. The predicted molar refractivity (Wildman–Crippen MR) is 144 cm³/mol. The van der Waals surface area contributed by atoms with E-state index in [-0.39, 0.29) is 0 Å². The van der Waals surface area contributed by atoms with Crippen molar-refractivity contribution in [3.05, 3.63) is 145 Å². The zero-order chi connectivity index (χ0) is 23.9. The third-order valence-corrected chi connectivity index (χ3v) is 5.82. The highest BCUT2D eigenvalue weighted by Crippen LogP contribution is 2.35. The summed E-state index contributed by atoms with van der Waals surface area (Å²) in [6, 6.07) is 43.2. The van der Waals surface area contributed by atoms with Crippen molar-refractivity contribution < 1.29 is 0 Å². The van der Waals surface area contributed by atoms with Crippen molar-refractivity contribution >= 4 is 28.7 Å². The second-order valence-electron chi connectivity index (χ2n) is 8.05. The molecule has 166 valence electrons. The second-order valence-corrected chi connectivity index (χ2v) is 8.05. The van der Waals surface area contributed by atoms with Crippen LogP contribution in [0.25, 0.3) is 22.8 Å². The van der Waals surface area contributed by atoms with Gasteiger partial charge in [-0.25, -0.2) is 0 Å². The number of pyridine rings is 1. The normalized spacial score (nSPS) is 11.0. The lowest BCUT2D eigenvalue weighted by Crippen LogP contribution is -2.09. The molecule has 0 radical (unpaired) electrons. The fourth-order valence-corrected chi connectivity index (χ4v) is 4.16. The zero-order valence-electron chi connectivity index (χ0n) is 19.1. The Balaban J connectivity index is 1.51. The SMILES string of the molecule is N#CC(=Cc1ccc(N(c2ccccc2)c2ccccc2)cc1)c1ccccc1-c1ccncc1. The van der Waals surface area contributed by atoms with E-state index in [1.54, 1.807) is 12.4 Å². The Morgan fingerprint density at radius 1 is 0.629 bits per heavy atom. The minimum Gasteiger partial charge on any atom is -0.311 e. The van der Waals surface area contributed by atoms with Crippen molar-refractivity contribution in [1.29, 1.82) is 5.26 Å². The van der Waals surface area contributed by atoms with E-state index in [1.807, 2.05) is 78.9 Å². The molecule has 3 nitrogen and oxygen atoms in total. The summed E-state index contributed by atoms with van der Waals surface area (Å²) in [7, 11) is 0. The highest BCUT2D eigenvalue weighted by atomic mass is 15.1. The van der Waals surface area contributed by atoms with Gasteiger partial charge in [-0.15, -0.1) is 0 Å². The van der Waals surface area contributed by atoms with Crippen molar-refractivity contribution in [2.24, 2.45) is 0 Å². The lowest BCUT2D eigenvalue weighted by atomic mass is 9.94. The average Bonchev–Trinajstić information content (AvgIpc) is 2.94. The molecule has 0 unspecified atom stereocenters. The summed E-state index contributed by atoms with van der Waals surface area (Å²) < 4.78 is 0. The number of benzene rings is 4. The van der Waals surface area contributed by atoms with Gasteiger partial charge in [0.25, 0.3) is 0 Å². The van der Waals surface area contributed by atoms with Crippen molar-refractivity contribution in [2.75, 3.05) is 4.90 Å². The van der Waals surface area contributed by atoms with Crippen LogP contribution in [0.2, 0.25) is 0 Å². The molecule has 1 aromatic heterocycles. The number of aromatic nitrogens is 1. The number of anilines is 3. The van der Waals surface area contributed by atoms with E-state index in [4.69, 9.17) is 0 Å². The maximum Gasteiger partial charge on any atom is 0.0998 e. The number of hydrogen-bond acceptors (Lipinski definition) is 3. The molecule has 0 amide bonds. The monoisotopic (exact) mass is 449 g/mol. The first-order valence-corrected chi connectivity index (χ1v) is 11.5. The Kier molecular flexibility index (Phi) is 6.46. The standard InChI is InChI=1S/C32H23N3/c33-24-27(32-14-8-7-13-31(32)26-19-21-34-22-20-26)23-25-15-17-30(18-16-25)35(28-9-3-1-4-10-28)29-11-5-2-6-12-29/h1-23H. The van der Waals surface area contributed by atoms with Crippen LogP contribution in [0.1, 0.15) is 11.1 Å². The average molecular weight is 450 g/mol. The van der Waals surface area contributed by atoms with Crippen LogP contribution in [-0.2, 0) is 0 Å². The minimum absolute atomic E-state index is 0.619. The van der Waals surface area contributed by atoms with Crippen molar-refractivity contribution in [3.63, 3.8) is 0 Å². The number of rotatable bonds is 6. The highest BCUT2D eigenvalue weighted by Gasteiger charge is 2.12. The van der Waals surface area contributed by atoms with Gasteiger partial charge in [-0.3, -0.25) is 4.98 Å². The summed E-state index contributed by atoms with van der Waals surface area (Å²) in [4.78, 5) is 6.34. The molecule has 0 fully saturated rings. The lowest BCUT2D eigenvalue weighted by Gasteiger charge is -2.25. The molecule has 4 aromatic carbocycles. The van der Waals surface area contributed by atoms with Gasteiger partial charge < -0.3 is 4.90 Å². The van der Waals surface area contributed by atoms with Crippen LogP contribution in [-0.4, -0.2) is 4.98 Å². The molecule has 0 aliphatic rings. The summed E-state index contributed by atoms with van der Waals surface area (Å²) in [6.45, 7) is 0. The quantitative estimate of drug-likeness (QED) is 0.193. The van der Waals surface area contributed by atoms with Gasteiger partial charge in [0.05, 0.1) is 11.6 Å². The van der Waals surface area contributed by atoms with Gasteiger partial charge in [-0.2, -0.15) is 5.26 Å². The van der Waals surface area contributed by atoms with E-state index < -0.39 is 0 Å². The van der Waals surface area contributed by atoms with Gasteiger partial charge >= 0.3 is 0 Å². The summed E-state index contributed by atoms with van der Waals surface area (Å²) in [5.41, 5.74) is 7.77. The van der Waals surface area contributed by atoms with E-state index >= 15 is 0 Å². The Morgan fingerprint density at radius 3 is 1.77 bits per heavy atom. The van der Waals surface area contributed by atoms with E-state index in [9.17, 15) is 5.26 Å². The summed E-state index contributed by atoms with van der Waals surface area (Å²) in [5, 5.41) is 10.0. The minimum atomic E-state index is 0.619. The maximum absolute atomic E-state index is 10.0. The zero-order valence-corrected chi connectivity index (χ0v) is 19.1. The van der Waals surface area contributed by atoms with Crippen LogP contribution in [0.3, 0.4) is 0 Å². The van der Waals surface area contributed by atoms with Gasteiger partial charge in [-0.1, -0.05) is 72.8 Å². The van der Waals surface area contributed by atoms with Gasteiger partial charge in [-0.05, 0) is 71.3 Å². The molecule has 0 N–H and O–H groups in total. The number of allylic oxidation sites excluding steroid dienone is 1. The van der Waals surface area contributed by atoms with Gasteiger partial charge in [0.1, 0.15) is 0 Å². The Hall–Kier alpha value is -4.94. The summed E-state index contributed by atoms with van der Waals surface area (Å²) >= 11 is 0. The van der Waals surface area contributed by atoms with Gasteiger partial charge in [0.15, 0.2) is 0 Å². The van der Waals surface area contributed by atoms with Crippen LogP contribution in [0.5, 0.6) is 0 Å². The van der Waals surface area contributed by atoms with Crippen LogP contribution in [0, 0.1) is 11.3 Å². The van der Waals surface area contributed by atoms with Gasteiger partial charge in [0, 0.05) is 35.0 Å². The largest absolute Gasteiger partial charge is 0.311 e. The molecule has 0 saturated heterocycles. The molecule has 3 heteroatoms. The van der Waals surface area contributed by atoms with E-state index in [2.05, 4.69) is 64.5 Å². The fourth-order valence-electron chi connectivity index (χ4n) is 4.16. The third-order valence-electron chi connectivity index (χ3n) is 5.82. The number of nitrogens with zero attached hydrogens (tertiary/aromatic N) is 3. The van der Waals surface area contributed by atoms with Crippen molar-refractivity contribution in [2.45, 2.75) is 0 Å². The third kappa shape index (κ3) is 4.88. The predicted octanol–water partition coefficient (Wildman–Crippen LogP) is 8.28. The second kappa shape index (κ2) is 10.3. The Labute approximate surface area is 205 Å². The summed E-state index contributed by atoms with van der Waals surface area (Å²) in [5.74, 6) is 0. The Morgan fingerprint density at radius 2 is 1.17 bits per heavy atom. The van der Waals surface area contributed by atoms with E-state index in [1.165, 1.54) is 0 Å². The molecular formula is C32H23N3. The molecule has 0 aliphatic heterocycles. The van der Waals surface area contributed by atoms with Crippen molar-refractivity contribution in [3.8, 4) is 17.2 Å². The molecule has 0 saturated carbocycles. The lowest BCUT2D eigenvalue weighted by molar-refractivity contribution is 1.28. The molecule has 5 aromatic rings. The van der Waals surface area contributed by atoms with Gasteiger partial charge in [0.2, 0.25) is 0 Å². The number of nitriles is 1. The van der Waals surface area contributed by atoms with Crippen LogP contribution in [0.15, 0.2) is 134 Å². The first kappa shape index (κ1) is 21.9.